The second-order valence-corrected chi connectivity index (χ2v) is 9.19. The van der Waals surface area contributed by atoms with E-state index in [0.29, 0.717) is 24.2 Å². The quantitative estimate of drug-likeness (QED) is 0.277. The number of rotatable bonds is 7. The fourth-order valence-corrected chi connectivity index (χ4v) is 4.83. The summed E-state index contributed by atoms with van der Waals surface area (Å²) in [5.41, 5.74) is 1.10. The van der Waals surface area contributed by atoms with Crippen LogP contribution in [0.1, 0.15) is 36.8 Å². The van der Waals surface area contributed by atoms with Gasteiger partial charge in [0.15, 0.2) is 0 Å². The van der Waals surface area contributed by atoms with Crippen molar-refractivity contribution >= 4 is 27.8 Å². The topological polar surface area (TPSA) is 107 Å². The van der Waals surface area contributed by atoms with Gasteiger partial charge in [-0.1, -0.05) is 37.1 Å². The lowest BCUT2D eigenvalue weighted by Crippen LogP contribution is -2.31. The number of benzene rings is 2. The highest BCUT2D eigenvalue weighted by Crippen LogP contribution is 2.21. The lowest BCUT2D eigenvalue weighted by Gasteiger charge is -2.19. The molecule has 0 amide bonds. The van der Waals surface area contributed by atoms with Gasteiger partial charge in [-0.05, 0) is 42.2 Å². The Bertz CT molecular complexity index is 1060. The third-order valence-electron chi connectivity index (χ3n) is 5.00. The van der Waals surface area contributed by atoms with Gasteiger partial charge < -0.3 is 4.74 Å². The number of nitrogens with zero attached hydrogens (tertiary/aromatic N) is 2. The van der Waals surface area contributed by atoms with Crippen LogP contribution in [0.2, 0.25) is 0 Å². The molecule has 2 aromatic rings. The van der Waals surface area contributed by atoms with Crippen LogP contribution < -0.4 is 0 Å². The first-order valence-corrected chi connectivity index (χ1v) is 11.5. The van der Waals surface area contributed by atoms with Crippen molar-refractivity contribution in [3.05, 3.63) is 75.8 Å². The van der Waals surface area contributed by atoms with Crippen molar-refractivity contribution < 1.29 is 22.9 Å². The van der Waals surface area contributed by atoms with Gasteiger partial charge in [-0.2, -0.15) is 4.31 Å². The van der Waals surface area contributed by atoms with Gasteiger partial charge in [-0.15, -0.1) is 0 Å². The largest absolute Gasteiger partial charge is 0.458 e. The minimum absolute atomic E-state index is 0.0701. The molecule has 1 fully saturated rings. The van der Waals surface area contributed by atoms with Crippen LogP contribution >= 0.6 is 0 Å². The summed E-state index contributed by atoms with van der Waals surface area (Å²) in [4.78, 5) is 22.4. The summed E-state index contributed by atoms with van der Waals surface area (Å²) in [5, 5.41) is 10.8. The smallest absolute Gasteiger partial charge is 0.331 e. The molecule has 2 aromatic carbocycles. The van der Waals surface area contributed by atoms with Crippen molar-refractivity contribution in [2.75, 3.05) is 13.1 Å². The van der Waals surface area contributed by atoms with Crippen molar-refractivity contribution in [2.24, 2.45) is 0 Å². The number of sulfonamides is 1. The lowest BCUT2D eigenvalue weighted by atomic mass is 10.2. The van der Waals surface area contributed by atoms with Gasteiger partial charge in [0.25, 0.3) is 5.69 Å². The zero-order valence-electron chi connectivity index (χ0n) is 17.0. The molecule has 3 rings (SSSR count). The van der Waals surface area contributed by atoms with Gasteiger partial charge in [0.05, 0.1) is 9.82 Å². The van der Waals surface area contributed by atoms with Gasteiger partial charge in [0.1, 0.15) is 6.61 Å². The van der Waals surface area contributed by atoms with Crippen molar-refractivity contribution in [3.63, 3.8) is 0 Å². The number of hydrogen-bond donors (Lipinski definition) is 0. The van der Waals surface area contributed by atoms with Crippen LogP contribution in [0.5, 0.6) is 0 Å². The lowest BCUT2D eigenvalue weighted by molar-refractivity contribution is -0.384. The molecule has 1 saturated heterocycles. The maximum Gasteiger partial charge on any atom is 0.331 e. The van der Waals surface area contributed by atoms with Crippen LogP contribution in [0.25, 0.3) is 6.08 Å². The van der Waals surface area contributed by atoms with Gasteiger partial charge in [0, 0.05) is 31.3 Å². The molecule has 164 valence electrons. The van der Waals surface area contributed by atoms with E-state index in [-0.39, 0.29) is 17.2 Å². The number of carbonyl (C=O) groups is 1. The minimum Gasteiger partial charge on any atom is -0.458 e. The molecule has 0 aliphatic carbocycles. The Kier molecular flexibility index (Phi) is 7.54. The monoisotopic (exact) mass is 444 g/mol. The summed E-state index contributed by atoms with van der Waals surface area (Å²) in [7, 11) is -3.51. The predicted octanol–water partition coefficient (Wildman–Crippen LogP) is 3.92. The van der Waals surface area contributed by atoms with Crippen LogP contribution in [-0.2, 0) is 26.2 Å². The second kappa shape index (κ2) is 10.3. The van der Waals surface area contributed by atoms with Gasteiger partial charge >= 0.3 is 5.97 Å². The van der Waals surface area contributed by atoms with E-state index in [1.54, 1.807) is 18.2 Å². The predicted molar refractivity (Wildman–Crippen MR) is 116 cm³/mol. The minimum atomic E-state index is -3.51. The van der Waals surface area contributed by atoms with Crippen molar-refractivity contribution in [3.8, 4) is 0 Å². The Morgan fingerprint density at radius 2 is 1.74 bits per heavy atom. The fourth-order valence-electron chi connectivity index (χ4n) is 3.31. The van der Waals surface area contributed by atoms with Gasteiger partial charge in [-0.25, -0.2) is 13.2 Å². The molecular formula is C22H24N2O6S. The van der Waals surface area contributed by atoms with Crippen LogP contribution in [0.15, 0.2) is 59.5 Å². The summed E-state index contributed by atoms with van der Waals surface area (Å²) in [6.45, 7) is 0.999. The van der Waals surface area contributed by atoms with Gasteiger partial charge in [0.2, 0.25) is 10.0 Å². The van der Waals surface area contributed by atoms with Crippen LogP contribution in [0.4, 0.5) is 5.69 Å². The number of carbonyl (C=O) groups excluding carboxylic acids is 1. The van der Waals surface area contributed by atoms with E-state index in [9.17, 15) is 23.3 Å². The zero-order valence-corrected chi connectivity index (χ0v) is 17.8. The average Bonchev–Trinajstić information content (AvgIpc) is 3.07. The van der Waals surface area contributed by atoms with E-state index in [4.69, 9.17) is 4.74 Å². The molecule has 0 radical (unpaired) electrons. The summed E-state index contributed by atoms with van der Waals surface area (Å²) in [6, 6.07) is 12.2. The summed E-state index contributed by atoms with van der Waals surface area (Å²) >= 11 is 0. The maximum absolute atomic E-state index is 12.8. The van der Waals surface area contributed by atoms with Crippen LogP contribution in [0.3, 0.4) is 0 Å². The number of nitro benzene ring substituents is 1. The molecule has 0 unspecified atom stereocenters. The highest BCUT2D eigenvalue weighted by atomic mass is 32.2. The molecule has 31 heavy (non-hydrogen) atoms. The van der Waals surface area contributed by atoms with Gasteiger partial charge in [-0.3, -0.25) is 10.1 Å². The Morgan fingerprint density at radius 3 is 2.39 bits per heavy atom. The Labute approximate surface area is 181 Å². The van der Waals surface area contributed by atoms with E-state index in [1.165, 1.54) is 46.8 Å². The standard InChI is InChI=1S/C22H24N2O6S/c25-22(30-17-19-6-5-7-20(16-19)24(26)27)13-10-18-8-11-21(12-9-18)31(28,29)23-14-3-1-2-4-15-23/h5-13,16H,1-4,14-15,17H2/b13-10+. The Balaban J connectivity index is 1.58. The molecule has 1 aliphatic heterocycles. The molecule has 0 spiro atoms. The first kappa shape index (κ1) is 22.6. The number of esters is 1. The zero-order chi connectivity index (χ0) is 22.3. The molecular weight excluding hydrogens is 420 g/mol. The molecule has 1 aliphatic rings. The number of non-ortho nitro benzene ring substituents is 1. The molecule has 1 heterocycles. The number of nitro groups is 1. The third kappa shape index (κ3) is 6.22. The highest BCUT2D eigenvalue weighted by Gasteiger charge is 2.24. The van der Waals surface area contributed by atoms with Crippen LogP contribution in [0, 0.1) is 10.1 Å². The van der Waals surface area contributed by atoms with E-state index >= 15 is 0 Å². The molecule has 0 bridgehead atoms. The summed E-state index contributed by atoms with van der Waals surface area (Å²) in [5.74, 6) is -0.604. The molecule has 0 N–H and O–H groups in total. The van der Waals surface area contributed by atoms with Crippen molar-refractivity contribution in [1.82, 2.24) is 4.31 Å². The fraction of sp³-hybridized carbons (Fsp3) is 0.318. The van der Waals surface area contributed by atoms with E-state index < -0.39 is 20.9 Å². The Morgan fingerprint density at radius 1 is 1.06 bits per heavy atom. The van der Waals surface area contributed by atoms with E-state index in [2.05, 4.69) is 0 Å². The molecule has 0 aromatic heterocycles. The summed E-state index contributed by atoms with van der Waals surface area (Å²) in [6.07, 6.45) is 6.60. The highest BCUT2D eigenvalue weighted by molar-refractivity contribution is 7.89. The number of hydrogen-bond acceptors (Lipinski definition) is 6. The summed E-state index contributed by atoms with van der Waals surface area (Å²) < 4.78 is 32.2. The SMILES string of the molecule is O=C(/C=C/c1ccc(S(=O)(=O)N2CCCCCC2)cc1)OCc1cccc([N+](=O)[O-])c1. The average molecular weight is 445 g/mol. The molecule has 9 heteroatoms. The third-order valence-corrected chi connectivity index (χ3v) is 6.91. The first-order valence-electron chi connectivity index (χ1n) is 10.0. The molecule has 8 nitrogen and oxygen atoms in total. The number of ether oxygens (including phenoxy) is 1. The van der Waals surface area contributed by atoms with E-state index in [1.807, 2.05) is 0 Å². The van der Waals surface area contributed by atoms with Crippen molar-refractivity contribution in [1.29, 1.82) is 0 Å². The normalized spacial score (nSPS) is 15.5. The van der Waals surface area contributed by atoms with Crippen LogP contribution in [-0.4, -0.2) is 36.7 Å². The van der Waals surface area contributed by atoms with Crippen molar-refractivity contribution in [2.45, 2.75) is 37.2 Å². The molecule has 0 saturated carbocycles. The second-order valence-electron chi connectivity index (χ2n) is 7.26. The first-order chi connectivity index (χ1) is 14.9. The van der Waals surface area contributed by atoms with E-state index in [0.717, 1.165) is 25.7 Å². The Hall–Kier alpha value is -3.04. The molecule has 0 atom stereocenters. The maximum atomic E-state index is 12.8.